The summed E-state index contributed by atoms with van der Waals surface area (Å²) in [6.07, 6.45) is 15.6. The minimum absolute atomic E-state index is 0.0957. The molecule has 0 radical (unpaired) electrons. The highest BCUT2D eigenvalue weighted by Gasteiger charge is 2.13. The highest BCUT2D eigenvalue weighted by Crippen LogP contribution is 2.25. The average molecular weight is 597 g/mol. The molecule has 226 valence electrons. The second kappa shape index (κ2) is 14.1. The van der Waals surface area contributed by atoms with Gasteiger partial charge in [-0.3, -0.25) is 9.97 Å². The van der Waals surface area contributed by atoms with Gasteiger partial charge >= 0.3 is 0 Å². The van der Waals surface area contributed by atoms with Crippen LogP contribution in [0.5, 0.6) is 0 Å². The van der Waals surface area contributed by atoms with Gasteiger partial charge in [-0.05, 0) is 105 Å². The lowest BCUT2D eigenvalue weighted by molar-refractivity contribution is 0.590. The minimum atomic E-state index is 0.0957. The topological polar surface area (TPSA) is 25.8 Å². The van der Waals surface area contributed by atoms with Crippen LogP contribution in [0.1, 0.15) is 97.2 Å². The van der Waals surface area contributed by atoms with E-state index in [9.17, 15) is 0 Å². The van der Waals surface area contributed by atoms with Crippen LogP contribution < -0.4 is 0 Å². The molecule has 0 bridgehead atoms. The summed E-state index contributed by atoms with van der Waals surface area (Å²) in [6, 6.07) is 29.4. The molecule has 0 aliphatic rings. The first-order valence-electron chi connectivity index (χ1n) is 15.6. The maximum atomic E-state index is 4.16. The quantitative estimate of drug-likeness (QED) is 0.193. The van der Waals surface area contributed by atoms with Crippen LogP contribution in [-0.4, -0.2) is 9.97 Å². The van der Waals surface area contributed by atoms with Gasteiger partial charge in [0, 0.05) is 47.0 Å². The normalized spacial score (nSPS) is 11.6. The number of nitrogens with zero attached hydrogens (tertiary/aromatic N) is 2. The highest BCUT2D eigenvalue weighted by atomic mass is 14.6. The van der Waals surface area contributed by atoms with E-state index in [0.717, 1.165) is 44.5 Å². The monoisotopic (exact) mass is 596 g/mol. The van der Waals surface area contributed by atoms with E-state index in [1.807, 2.05) is 24.3 Å². The van der Waals surface area contributed by atoms with Crippen molar-refractivity contribution in [1.29, 1.82) is 0 Å². The van der Waals surface area contributed by atoms with Gasteiger partial charge in [-0.2, -0.15) is 0 Å². The molecule has 0 atom stereocenters. The third-order valence-corrected chi connectivity index (χ3v) is 7.73. The Morgan fingerprint density at radius 2 is 0.783 bits per heavy atom. The van der Waals surface area contributed by atoms with E-state index in [4.69, 9.17) is 0 Å². The molecule has 0 unspecified atom stereocenters. The van der Waals surface area contributed by atoms with Crippen LogP contribution in [0, 0.1) is 23.7 Å². The summed E-state index contributed by atoms with van der Waals surface area (Å²) in [5, 5.41) is 0. The summed E-state index contributed by atoms with van der Waals surface area (Å²) >= 11 is 0. The molecule has 5 aromatic rings. The van der Waals surface area contributed by atoms with Crippen LogP contribution in [0.3, 0.4) is 0 Å². The number of rotatable bonds is 4. The Morgan fingerprint density at radius 1 is 0.435 bits per heavy atom. The number of hydrogen-bond acceptors (Lipinski definition) is 2. The molecule has 2 heterocycles. The fraction of sp³-hybridized carbons (Fsp3) is 0.182. The summed E-state index contributed by atoms with van der Waals surface area (Å²) in [7, 11) is 0. The van der Waals surface area contributed by atoms with Gasteiger partial charge in [0.2, 0.25) is 0 Å². The van der Waals surface area contributed by atoms with Crippen LogP contribution in [0.2, 0.25) is 0 Å². The van der Waals surface area contributed by atoms with Crippen molar-refractivity contribution in [3.8, 4) is 23.7 Å². The number of aromatic nitrogens is 2. The lowest BCUT2D eigenvalue weighted by Crippen LogP contribution is -2.10. The molecular weight excluding hydrogens is 556 g/mol. The zero-order valence-electron chi connectivity index (χ0n) is 27.6. The van der Waals surface area contributed by atoms with Crippen LogP contribution in [0.15, 0.2) is 110 Å². The van der Waals surface area contributed by atoms with Gasteiger partial charge in [-0.25, -0.2) is 0 Å². The zero-order valence-corrected chi connectivity index (χ0v) is 27.6. The standard InChI is InChI=1S/C44H40N2/c1-43(2,3)41-19-11-33(12-20-41)7-15-37-31-40(18-10-36-25-29-46-30-26-36)38(32-39(37)17-9-35-23-27-45-28-24-35)16-8-34-13-21-42(22-14-34)44(4,5)6/h9-14,17-32H,1-6H3/b17-9+,18-10+. The molecule has 2 nitrogen and oxygen atoms in total. The average Bonchev–Trinajstić information content (AvgIpc) is 3.05. The largest absolute Gasteiger partial charge is 0.265 e. The van der Waals surface area contributed by atoms with Crippen molar-refractivity contribution >= 4 is 24.3 Å². The van der Waals surface area contributed by atoms with Gasteiger partial charge in [-0.15, -0.1) is 0 Å². The van der Waals surface area contributed by atoms with E-state index in [2.05, 4.69) is 160 Å². The Labute approximate surface area is 275 Å². The van der Waals surface area contributed by atoms with E-state index < -0.39 is 0 Å². The Kier molecular flexibility index (Phi) is 9.81. The molecule has 3 aromatic carbocycles. The van der Waals surface area contributed by atoms with Crippen LogP contribution >= 0.6 is 0 Å². The molecule has 0 N–H and O–H groups in total. The molecule has 0 aliphatic carbocycles. The Hall–Kier alpha value is -5.44. The van der Waals surface area contributed by atoms with Gasteiger partial charge < -0.3 is 0 Å². The molecule has 0 fully saturated rings. The summed E-state index contributed by atoms with van der Waals surface area (Å²) < 4.78 is 0. The smallest absolute Gasteiger partial charge is 0.0328 e. The van der Waals surface area contributed by atoms with Gasteiger partial charge in [0.25, 0.3) is 0 Å². The van der Waals surface area contributed by atoms with Crippen molar-refractivity contribution in [1.82, 2.24) is 9.97 Å². The fourth-order valence-electron chi connectivity index (χ4n) is 4.83. The van der Waals surface area contributed by atoms with Gasteiger partial charge in [0.1, 0.15) is 0 Å². The van der Waals surface area contributed by atoms with Crippen LogP contribution in [0.4, 0.5) is 0 Å². The summed E-state index contributed by atoms with van der Waals surface area (Å²) in [4.78, 5) is 8.32. The highest BCUT2D eigenvalue weighted by molar-refractivity contribution is 5.79. The number of hydrogen-bond donors (Lipinski definition) is 0. The molecular formula is C44H40N2. The molecule has 46 heavy (non-hydrogen) atoms. The Morgan fingerprint density at radius 3 is 1.11 bits per heavy atom. The molecule has 2 aromatic heterocycles. The van der Waals surface area contributed by atoms with Gasteiger partial charge in [-0.1, -0.05) is 114 Å². The SMILES string of the molecule is CC(C)(C)c1ccc(C#Cc2cc(/C=C/c3ccncc3)c(C#Cc3ccc(C(C)(C)C)cc3)cc2/C=C/c2ccncc2)cc1. The van der Waals surface area contributed by atoms with E-state index >= 15 is 0 Å². The lowest BCUT2D eigenvalue weighted by atomic mass is 9.87. The maximum Gasteiger partial charge on any atom is 0.0328 e. The zero-order chi connectivity index (χ0) is 32.6. The summed E-state index contributed by atoms with van der Waals surface area (Å²) in [6.45, 7) is 13.3. The number of pyridine rings is 2. The van der Waals surface area contributed by atoms with Crippen LogP contribution in [0.25, 0.3) is 24.3 Å². The molecule has 0 spiro atoms. The van der Waals surface area contributed by atoms with Crippen molar-refractivity contribution in [2.45, 2.75) is 52.4 Å². The van der Waals surface area contributed by atoms with Crippen molar-refractivity contribution < 1.29 is 0 Å². The first kappa shape index (κ1) is 32.0. The van der Waals surface area contributed by atoms with Crippen molar-refractivity contribution in [3.05, 3.63) is 165 Å². The Bertz CT molecular complexity index is 1810. The van der Waals surface area contributed by atoms with E-state index in [-0.39, 0.29) is 10.8 Å². The molecule has 2 heteroatoms. The fourth-order valence-corrected chi connectivity index (χ4v) is 4.83. The molecule has 0 saturated carbocycles. The van der Waals surface area contributed by atoms with E-state index in [1.54, 1.807) is 24.8 Å². The Balaban J connectivity index is 1.61. The van der Waals surface area contributed by atoms with Crippen molar-refractivity contribution in [2.75, 3.05) is 0 Å². The first-order valence-corrected chi connectivity index (χ1v) is 15.6. The molecule has 0 amide bonds. The third-order valence-electron chi connectivity index (χ3n) is 7.73. The van der Waals surface area contributed by atoms with Crippen molar-refractivity contribution in [2.24, 2.45) is 0 Å². The predicted octanol–water partition coefficient (Wildman–Crippen LogP) is 10.2. The summed E-state index contributed by atoms with van der Waals surface area (Å²) in [5.74, 6) is 13.8. The predicted molar refractivity (Wildman–Crippen MR) is 195 cm³/mol. The van der Waals surface area contributed by atoms with Gasteiger partial charge in [0.15, 0.2) is 0 Å². The van der Waals surface area contributed by atoms with E-state index in [1.165, 1.54) is 11.1 Å². The van der Waals surface area contributed by atoms with E-state index in [0.29, 0.717) is 0 Å². The minimum Gasteiger partial charge on any atom is -0.265 e. The maximum absolute atomic E-state index is 4.16. The first-order chi connectivity index (χ1) is 22.0. The second-order valence-electron chi connectivity index (χ2n) is 13.4. The molecule has 5 rings (SSSR count). The number of benzene rings is 3. The third kappa shape index (κ3) is 8.81. The van der Waals surface area contributed by atoms with Crippen LogP contribution in [-0.2, 0) is 10.8 Å². The van der Waals surface area contributed by atoms with Gasteiger partial charge in [0.05, 0.1) is 0 Å². The second-order valence-corrected chi connectivity index (χ2v) is 13.4. The molecule has 0 aliphatic heterocycles. The molecule has 0 saturated heterocycles. The summed E-state index contributed by atoms with van der Waals surface area (Å²) in [5.41, 5.74) is 10.7. The lowest BCUT2D eigenvalue weighted by Gasteiger charge is -2.18. The van der Waals surface area contributed by atoms with Crippen molar-refractivity contribution in [3.63, 3.8) is 0 Å².